The summed E-state index contributed by atoms with van der Waals surface area (Å²) < 4.78 is 9.71. The van der Waals surface area contributed by atoms with E-state index in [-0.39, 0.29) is 42.9 Å². The summed E-state index contributed by atoms with van der Waals surface area (Å²) in [7, 11) is 1.20. The molecule has 1 N–H and O–H groups in total. The van der Waals surface area contributed by atoms with Gasteiger partial charge >= 0.3 is 6.16 Å². The lowest BCUT2D eigenvalue weighted by Gasteiger charge is -2.35. The smallest absolute Gasteiger partial charge is 0.438 e. The molecule has 2 rings (SSSR count). The van der Waals surface area contributed by atoms with E-state index in [0.717, 1.165) is 5.56 Å². The molecule has 0 aliphatic heterocycles. The molecule has 10 heteroatoms. The number of carbonyl (C=O) groups excluding carboxylic acids is 3. The van der Waals surface area contributed by atoms with Crippen molar-refractivity contribution in [2.45, 2.75) is 52.3 Å². The second-order valence-corrected chi connectivity index (χ2v) is 9.33. The van der Waals surface area contributed by atoms with Crippen molar-refractivity contribution in [1.82, 2.24) is 10.2 Å². The maximum Gasteiger partial charge on any atom is 0.508 e. The molecule has 1 unspecified atom stereocenters. The molecular formula is C26H33N3O7. The van der Waals surface area contributed by atoms with Crippen LogP contribution in [0.4, 0.5) is 10.5 Å². The molecule has 194 valence electrons. The first kappa shape index (κ1) is 28.3. The molecule has 2 amide bonds. The zero-order chi connectivity index (χ0) is 26.9. The van der Waals surface area contributed by atoms with Crippen LogP contribution in [0.3, 0.4) is 0 Å². The highest BCUT2D eigenvalue weighted by molar-refractivity contribution is 5.88. The topological polar surface area (TPSA) is 128 Å². The van der Waals surface area contributed by atoms with E-state index in [2.05, 4.69) is 10.1 Å². The van der Waals surface area contributed by atoms with Crippen molar-refractivity contribution in [3.63, 3.8) is 0 Å². The maximum atomic E-state index is 13.5. The predicted octanol–water partition coefficient (Wildman–Crippen LogP) is 3.87. The average Bonchev–Trinajstić information content (AvgIpc) is 2.82. The number of nitrogens with one attached hydrogen (secondary N) is 1. The lowest BCUT2D eigenvalue weighted by atomic mass is 9.98. The number of non-ortho nitro benzene ring substituents is 1. The minimum atomic E-state index is -1.03. The Bertz CT molecular complexity index is 1050. The van der Waals surface area contributed by atoms with Gasteiger partial charge in [0.2, 0.25) is 11.8 Å². The summed E-state index contributed by atoms with van der Waals surface area (Å²) in [5.74, 6) is -0.926. The number of ether oxygens (including phenoxy) is 2. The van der Waals surface area contributed by atoms with Crippen molar-refractivity contribution >= 4 is 23.7 Å². The number of hydrogen-bond acceptors (Lipinski definition) is 7. The summed E-state index contributed by atoms with van der Waals surface area (Å²) in [4.78, 5) is 50.3. The molecule has 2 aromatic rings. The Kier molecular flexibility index (Phi) is 9.95. The monoisotopic (exact) mass is 499 g/mol. The Labute approximate surface area is 210 Å². The van der Waals surface area contributed by atoms with E-state index in [0.29, 0.717) is 5.56 Å². The minimum Gasteiger partial charge on any atom is -0.438 e. The molecule has 0 aromatic heterocycles. The molecule has 0 fully saturated rings. The van der Waals surface area contributed by atoms with Gasteiger partial charge in [0.1, 0.15) is 11.6 Å². The Morgan fingerprint density at radius 3 is 2.17 bits per heavy atom. The fourth-order valence-electron chi connectivity index (χ4n) is 3.65. The summed E-state index contributed by atoms with van der Waals surface area (Å²) in [5, 5.41) is 13.7. The molecular weight excluding hydrogens is 466 g/mol. The molecule has 10 nitrogen and oxygen atoms in total. The number of nitro groups is 1. The number of nitro benzene ring substituents is 1. The number of hydrogen-bond donors (Lipinski definition) is 1. The molecule has 36 heavy (non-hydrogen) atoms. The molecule has 1 atom stereocenters. The predicted molar refractivity (Wildman–Crippen MR) is 133 cm³/mol. The molecule has 0 radical (unpaired) electrons. The zero-order valence-electron chi connectivity index (χ0n) is 21.2. The maximum absolute atomic E-state index is 13.5. The number of benzene rings is 2. The molecule has 0 aliphatic rings. The lowest BCUT2D eigenvalue weighted by molar-refractivity contribution is -0.384. The quantitative estimate of drug-likeness (QED) is 0.282. The van der Waals surface area contributed by atoms with Crippen LogP contribution < -0.4 is 5.32 Å². The number of carbonyl (C=O) groups is 3. The summed E-state index contributed by atoms with van der Waals surface area (Å²) in [6.45, 7) is 7.17. The van der Waals surface area contributed by atoms with E-state index in [4.69, 9.17) is 4.74 Å². The van der Waals surface area contributed by atoms with E-state index in [1.165, 1.54) is 36.3 Å². The lowest BCUT2D eigenvalue weighted by Crippen LogP contribution is -2.54. The number of nitrogens with zero attached hydrogens (tertiary/aromatic N) is 2. The fraction of sp³-hybridized carbons (Fsp3) is 0.423. The van der Waals surface area contributed by atoms with Crippen LogP contribution in [0.2, 0.25) is 0 Å². The SMILES string of the molecule is COC(=O)OC(C)(C)CNC(=O)C(C(C)C)N(Cc1ccccc1)C(=O)Cc1ccc([N+](=O)[O-])cc1. The van der Waals surface area contributed by atoms with Gasteiger partial charge in [-0.15, -0.1) is 0 Å². The van der Waals surface area contributed by atoms with Crippen LogP contribution in [0.25, 0.3) is 0 Å². The third-order valence-electron chi connectivity index (χ3n) is 5.47. The molecule has 0 heterocycles. The Morgan fingerprint density at radius 2 is 1.64 bits per heavy atom. The van der Waals surface area contributed by atoms with Crippen LogP contribution in [-0.2, 0) is 32.0 Å². The molecule has 0 spiro atoms. The van der Waals surface area contributed by atoms with Crippen LogP contribution in [0.5, 0.6) is 0 Å². The van der Waals surface area contributed by atoms with Crippen LogP contribution >= 0.6 is 0 Å². The molecule has 0 saturated heterocycles. The van der Waals surface area contributed by atoms with Crippen molar-refractivity contribution in [1.29, 1.82) is 0 Å². The molecule has 0 bridgehead atoms. The van der Waals surface area contributed by atoms with E-state index in [1.54, 1.807) is 13.8 Å². The summed E-state index contributed by atoms with van der Waals surface area (Å²) in [6.07, 6.45) is -0.892. The number of rotatable bonds is 11. The first-order valence-electron chi connectivity index (χ1n) is 11.5. The molecule has 0 aliphatic carbocycles. The highest BCUT2D eigenvalue weighted by Gasteiger charge is 2.34. The zero-order valence-corrected chi connectivity index (χ0v) is 21.2. The number of amides is 2. The normalized spacial score (nSPS) is 11.9. The van der Waals surface area contributed by atoms with Gasteiger partial charge in [0.25, 0.3) is 5.69 Å². The average molecular weight is 500 g/mol. The molecule has 2 aromatic carbocycles. The van der Waals surface area contributed by atoms with Crippen molar-refractivity contribution in [3.8, 4) is 0 Å². The largest absolute Gasteiger partial charge is 0.508 e. The molecule has 0 saturated carbocycles. The Hall–Kier alpha value is -3.95. The van der Waals surface area contributed by atoms with Gasteiger partial charge in [0, 0.05) is 18.7 Å². The summed E-state index contributed by atoms with van der Waals surface area (Å²) >= 11 is 0. The van der Waals surface area contributed by atoms with Gasteiger partial charge in [0.15, 0.2) is 0 Å². The van der Waals surface area contributed by atoms with Crippen LogP contribution in [0.1, 0.15) is 38.8 Å². The first-order valence-corrected chi connectivity index (χ1v) is 11.5. The van der Waals surface area contributed by atoms with Gasteiger partial charge in [-0.25, -0.2) is 4.79 Å². The van der Waals surface area contributed by atoms with Crippen molar-refractivity contribution in [2.24, 2.45) is 5.92 Å². The van der Waals surface area contributed by atoms with E-state index in [1.807, 2.05) is 44.2 Å². The highest BCUT2D eigenvalue weighted by Crippen LogP contribution is 2.20. The summed E-state index contributed by atoms with van der Waals surface area (Å²) in [6, 6.07) is 14.3. The third-order valence-corrected chi connectivity index (χ3v) is 5.47. The first-order chi connectivity index (χ1) is 16.9. The van der Waals surface area contributed by atoms with E-state index in [9.17, 15) is 24.5 Å². The second-order valence-electron chi connectivity index (χ2n) is 9.33. The van der Waals surface area contributed by atoms with Gasteiger partial charge < -0.3 is 19.7 Å². The van der Waals surface area contributed by atoms with Crippen LogP contribution in [-0.4, -0.2) is 53.1 Å². The van der Waals surface area contributed by atoms with Crippen molar-refractivity contribution in [2.75, 3.05) is 13.7 Å². The van der Waals surface area contributed by atoms with Crippen LogP contribution in [0, 0.1) is 16.0 Å². The number of methoxy groups -OCH3 is 1. The fourth-order valence-corrected chi connectivity index (χ4v) is 3.65. The van der Waals surface area contributed by atoms with E-state index >= 15 is 0 Å². The third kappa shape index (κ3) is 8.37. The Morgan fingerprint density at radius 1 is 1.03 bits per heavy atom. The Balaban J connectivity index is 2.28. The van der Waals surface area contributed by atoms with E-state index < -0.39 is 22.7 Å². The van der Waals surface area contributed by atoms with Gasteiger partial charge in [0.05, 0.1) is 25.0 Å². The van der Waals surface area contributed by atoms with Gasteiger partial charge in [-0.3, -0.25) is 19.7 Å². The minimum absolute atomic E-state index is 0.0138. The van der Waals surface area contributed by atoms with Gasteiger partial charge in [-0.2, -0.15) is 0 Å². The highest BCUT2D eigenvalue weighted by atomic mass is 16.7. The van der Waals surface area contributed by atoms with Gasteiger partial charge in [-0.05, 0) is 30.9 Å². The standard InChI is InChI=1S/C26H33N3O7/c1-18(2)23(24(31)27-17-26(3,4)36-25(32)35-5)28(16-20-9-7-6-8-10-20)22(30)15-19-11-13-21(14-12-19)29(33)34/h6-14,18,23H,15-17H2,1-5H3,(H,27,31). The second kappa shape index (κ2) is 12.7. The van der Waals surface area contributed by atoms with Crippen LogP contribution in [0.15, 0.2) is 54.6 Å². The van der Waals surface area contributed by atoms with Gasteiger partial charge in [-0.1, -0.05) is 56.3 Å². The summed E-state index contributed by atoms with van der Waals surface area (Å²) in [5.41, 5.74) is 0.349. The van der Waals surface area contributed by atoms with Crippen molar-refractivity contribution in [3.05, 3.63) is 75.8 Å². The van der Waals surface area contributed by atoms with Crippen molar-refractivity contribution < 1.29 is 28.8 Å².